The lowest BCUT2D eigenvalue weighted by molar-refractivity contribution is 0.102. The predicted molar refractivity (Wildman–Crippen MR) is 132 cm³/mol. The van der Waals surface area contributed by atoms with Crippen molar-refractivity contribution in [3.05, 3.63) is 102 Å². The molecule has 0 radical (unpaired) electrons. The highest BCUT2D eigenvalue weighted by Gasteiger charge is 2.08. The van der Waals surface area contributed by atoms with Crippen LogP contribution in [-0.4, -0.2) is 17.9 Å². The average molecular weight is 446 g/mol. The summed E-state index contributed by atoms with van der Waals surface area (Å²) in [7, 11) is 1.88. The zero-order valence-electron chi connectivity index (χ0n) is 17.8. The van der Waals surface area contributed by atoms with Gasteiger partial charge in [-0.1, -0.05) is 42.5 Å². The van der Waals surface area contributed by atoms with Crippen LogP contribution >= 0.6 is 12.4 Å². The van der Waals surface area contributed by atoms with E-state index >= 15 is 0 Å². The predicted octanol–water partition coefficient (Wildman–Crippen LogP) is 6.57. The molecule has 0 aliphatic carbocycles. The molecule has 2 N–H and O–H groups in total. The van der Waals surface area contributed by atoms with Gasteiger partial charge in [0.25, 0.3) is 5.91 Å². The van der Waals surface area contributed by atoms with Crippen LogP contribution in [0.4, 0.5) is 11.4 Å². The fourth-order valence-electron chi connectivity index (χ4n) is 3.19. The van der Waals surface area contributed by atoms with Crippen molar-refractivity contribution in [1.29, 1.82) is 0 Å². The van der Waals surface area contributed by atoms with Crippen LogP contribution in [0.1, 0.15) is 15.9 Å². The van der Waals surface area contributed by atoms with Crippen molar-refractivity contribution in [2.24, 2.45) is 0 Å². The molecule has 0 bridgehead atoms. The van der Waals surface area contributed by atoms with Gasteiger partial charge in [-0.25, -0.2) is 4.98 Å². The van der Waals surface area contributed by atoms with Gasteiger partial charge in [0, 0.05) is 24.4 Å². The topological polar surface area (TPSA) is 63.2 Å². The van der Waals surface area contributed by atoms with Crippen molar-refractivity contribution < 1.29 is 9.53 Å². The van der Waals surface area contributed by atoms with Gasteiger partial charge in [0.15, 0.2) is 0 Å². The van der Waals surface area contributed by atoms with Crippen LogP contribution in [0.5, 0.6) is 11.6 Å². The van der Waals surface area contributed by atoms with Crippen LogP contribution < -0.4 is 15.4 Å². The van der Waals surface area contributed by atoms with Gasteiger partial charge in [0.1, 0.15) is 5.75 Å². The zero-order valence-corrected chi connectivity index (χ0v) is 18.6. The number of amides is 1. The maximum Gasteiger partial charge on any atom is 0.255 e. The van der Waals surface area contributed by atoms with Gasteiger partial charge >= 0.3 is 0 Å². The molecule has 0 saturated carbocycles. The molecule has 5 nitrogen and oxygen atoms in total. The number of hydrogen-bond acceptors (Lipinski definition) is 4. The van der Waals surface area contributed by atoms with Crippen molar-refractivity contribution in [1.82, 2.24) is 4.98 Å². The number of aryl methyl sites for hydroxylation is 1. The summed E-state index contributed by atoms with van der Waals surface area (Å²) in [6, 6.07) is 26.9. The number of ether oxygens (including phenoxy) is 1. The number of hydrogen-bond donors (Lipinski definition) is 2. The third-order valence-corrected chi connectivity index (χ3v) is 4.93. The first kappa shape index (κ1) is 22.8. The molecule has 1 amide bonds. The second-order valence-corrected chi connectivity index (χ2v) is 7.11. The molecule has 3 aromatic carbocycles. The maximum absolute atomic E-state index is 12.6. The number of benzene rings is 3. The Morgan fingerprint density at radius 2 is 1.53 bits per heavy atom. The van der Waals surface area contributed by atoms with Crippen molar-refractivity contribution in [3.8, 4) is 22.8 Å². The molecule has 32 heavy (non-hydrogen) atoms. The molecule has 6 heteroatoms. The standard InChI is InChI=1S/C26H23N3O2.ClH/c1-18-16-22(27-2)12-14-24(18)31-25-15-13-23(17-28-25)29-26(30)21-10-8-20(9-11-21)19-6-4-3-5-7-19;/h3-17,27H,1-2H3,(H,29,30);1H. The molecule has 0 unspecified atom stereocenters. The van der Waals surface area contributed by atoms with E-state index in [-0.39, 0.29) is 18.3 Å². The maximum atomic E-state index is 12.6. The SMILES string of the molecule is CNc1ccc(Oc2ccc(NC(=O)c3ccc(-c4ccccc4)cc3)cn2)c(C)c1.Cl. The summed E-state index contributed by atoms with van der Waals surface area (Å²) in [6.07, 6.45) is 1.59. The first-order valence-corrected chi connectivity index (χ1v) is 10.0. The lowest BCUT2D eigenvalue weighted by Gasteiger charge is -2.10. The summed E-state index contributed by atoms with van der Waals surface area (Å²) in [5.41, 5.74) is 5.40. The number of carbonyl (C=O) groups excluding carboxylic acids is 1. The minimum atomic E-state index is -0.187. The smallest absolute Gasteiger partial charge is 0.255 e. The van der Waals surface area contributed by atoms with Gasteiger partial charge in [0.2, 0.25) is 5.88 Å². The minimum Gasteiger partial charge on any atom is -0.439 e. The van der Waals surface area contributed by atoms with E-state index in [2.05, 4.69) is 15.6 Å². The Bertz CT molecular complexity index is 1180. The molecule has 1 aromatic heterocycles. The monoisotopic (exact) mass is 445 g/mol. The van der Waals surface area contributed by atoms with E-state index in [1.807, 2.05) is 86.8 Å². The van der Waals surface area contributed by atoms with E-state index in [1.54, 1.807) is 18.3 Å². The van der Waals surface area contributed by atoms with E-state index < -0.39 is 0 Å². The third kappa shape index (κ3) is 5.45. The number of carbonyl (C=O) groups is 1. The molecule has 4 aromatic rings. The molecule has 0 atom stereocenters. The summed E-state index contributed by atoms with van der Waals surface area (Å²) >= 11 is 0. The molecule has 0 aliphatic rings. The first-order chi connectivity index (χ1) is 15.1. The van der Waals surface area contributed by atoms with Crippen molar-refractivity contribution >= 4 is 29.7 Å². The highest BCUT2D eigenvalue weighted by atomic mass is 35.5. The third-order valence-electron chi connectivity index (χ3n) is 4.93. The Hall–Kier alpha value is -3.83. The van der Waals surface area contributed by atoms with Gasteiger partial charge < -0.3 is 15.4 Å². The van der Waals surface area contributed by atoms with Gasteiger partial charge in [-0.2, -0.15) is 0 Å². The number of nitrogens with zero attached hydrogens (tertiary/aromatic N) is 1. The Labute approximate surface area is 193 Å². The normalized spacial score (nSPS) is 10.1. The number of aromatic nitrogens is 1. The quantitative estimate of drug-likeness (QED) is 0.352. The van der Waals surface area contributed by atoms with E-state index in [1.165, 1.54) is 0 Å². The molecule has 4 rings (SSSR count). The molecule has 0 fully saturated rings. The Balaban J connectivity index is 0.00000289. The molecular weight excluding hydrogens is 422 g/mol. The van der Waals surface area contributed by atoms with E-state index in [4.69, 9.17) is 4.74 Å². The minimum absolute atomic E-state index is 0. The molecule has 0 aliphatic heterocycles. The van der Waals surface area contributed by atoms with Crippen molar-refractivity contribution in [2.75, 3.05) is 17.7 Å². The van der Waals surface area contributed by atoms with Gasteiger partial charge in [-0.15, -0.1) is 12.4 Å². The van der Waals surface area contributed by atoms with Crippen molar-refractivity contribution in [2.45, 2.75) is 6.92 Å². The van der Waals surface area contributed by atoms with Crippen LogP contribution in [0.15, 0.2) is 91.1 Å². The average Bonchev–Trinajstić information content (AvgIpc) is 2.82. The van der Waals surface area contributed by atoms with E-state index in [0.717, 1.165) is 28.1 Å². The fourth-order valence-corrected chi connectivity index (χ4v) is 3.19. The lowest BCUT2D eigenvalue weighted by Crippen LogP contribution is -2.11. The zero-order chi connectivity index (χ0) is 21.6. The van der Waals surface area contributed by atoms with Gasteiger partial charge in [0.05, 0.1) is 11.9 Å². The first-order valence-electron chi connectivity index (χ1n) is 10.0. The molecule has 1 heterocycles. The number of pyridine rings is 1. The molecule has 0 spiro atoms. The van der Waals surface area contributed by atoms with E-state index in [9.17, 15) is 4.79 Å². The Kier molecular flexibility index (Phi) is 7.47. The van der Waals surface area contributed by atoms with Crippen LogP contribution in [0.2, 0.25) is 0 Å². The van der Waals surface area contributed by atoms with Crippen LogP contribution in [0.3, 0.4) is 0 Å². The highest BCUT2D eigenvalue weighted by Crippen LogP contribution is 2.27. The van der Waals surface area contributed by atoms with Gasteiger partial charge in [-0.05, 0) is 60.0 Å². The lowest BCUT2D eigenvalue weighted by atomic mass is 10.0. The van der Waals surface area contributed by atoms with Crippen LogP contribution in [-0.2, 0) is 0 Å². The largest absolute Gasteiger partial charge is 0.439 e. The molecule has 0 saturated heterocycles. The summed E-state index contributed by atoms with van der Waals surface area (Å²) in [5, 5.41) is 5.97. The fraction of sp³-hybridized carbons (Fsp3) is 0.0769. The van der Waals surface area contributed by atoms with Crippen LogP contribution in [0.25, 0.3) is 11.1 Å². The van der Waals surface area contributed by atoms with E-state index in [0.29, 0.717) is 17.1 Å². The molecule has 162 valence electrons. The second kappa shape index (κ2) is 10.5. The summed E-state index contributed by atoms with van der Waals surface area (Å²) in [5.74, 6) is 1.01. The highest BCUT2D eigenvalue weighted by molar-refractivity contribution is 6.04. The number of anilines is 2. The van der Waals surface area contributed by atoms with Gasteiger partial charge in [-0.3, -0.25) is 4.79 Å². The number of rotatable bonds is 6. The Morgan fingerprint density at radius 3 is 2.16 bits per heavy atom. The number of nitrogens with one attached hydrogen (secondary N) is 2. The van der Waals surface area contributed by atoms with Crippen LogP contribution in [0, 0.1) is 6.92 Å². The number of halogens is 1. The second-order valence-electron chi connectivity index (χ2n) is 7.11. The molecular formula is C26H24ClN3O2. The Morgan fingerprint density at radius 1 is 0.844 bits per heavy atom. The van der Waals surface area contributed by atoms with Crippen molar-refractivity contribution in [3.63, 3.8) is 0 Å². The summed E-state index contributed by atoms with van der Waals surface area (Å²) in [6.45, 7) is 1.98. The summed E-state index contributed by atoms with van der Waals surface area (Å²) in [4.78, 5) is 16.9. The summed E-state index contributed by atoms with van der Waals surface area (Å²) < 4.78 is 5.86.